The highest BCUT2D eigenvalue weighted by molar-refractivity contribution is 6.48. The predicted octanol–water partition coefficient (Wildman–Crippen LogP) is 5.80. The van der Waals surface area contributed by atoms with Gasteiger partial charge in [-0.2, -0.15) is 13.2 Å². The minimum absolute atomic E-state index is 0.0295. The van der Waals surface area contributed by atoms with Crippen LogP contribution in [-0.4, -0.2) is 23.2 Å². The Kier molecular flexibility index (Phi) is 6.55. The highest BCUT2D eigenvalue weighted by atomic mass is 35.5. The average Bonchev–Trinajstić information content (AvgIpc) is 3.11. The van der Waals surface area contributed by atoms with Crippen molar-refractivity contribution in [1.29, 1.82) is 0 Å². The van der Waals surface area contributed by atoms with Crippen molar-refractivity contribution in [3.63, 3.8) is 0 Å². The molecule has 0 aliphatic carbocycles. The summed E-state index contributed by atoms with van der Waals surface area (Å²) in [6.45, 7) is 1.43. The smallest absolute Gasteiger partial charge is 0.379 e. The quantitative estimate of drug-likeness (QED) is 0.320. The summed E-state index contributed by atoms with van der Waals surface area (Å²) < 4.78 is 56.3. The second-order valence-electron chi connectivity index (χ2n) is 6.75. The van der Waals surface area contributed by atoms with Gasteiger partial charge < -0.3 is 9.94 Å². The van der Waals surface area contributed by atoms with Gasteiger partial charge in [-0.05, 0) is 36.8 Å². The van der Waals surface area contributed by atoms with Gasteiger partial charge in [-0.3, -0.25) is 5.32 Å². The highest BCUT2D eigenvalue weighted by Crippen LogP contribution is 2.50. The molecule has 0 saturated carbocycles. The fourth-order valence-electron chi connectivity index (χ4n) is 2.99. The first-order valence-electron chi connectivity index (χ1n) is 8.61. The molecule has 2 aromatic carbocycles. The Morgan fingerprint density at radius 1 is 1.20 bits per heavy atom. The minimum Gasteiger partial charge on any atom is -0.379 e. The third-order valence-corrected chi connectivity index (χ3v) is 5.80. The van der Waals surface area contributed by atoms with Gasteiger partial charge in [0.25, 0.3) is 5.60 Å². The Labute approximate surface area is 184 Å². The van der Waals surface area contributed by atoms with Crippen LogP contribution < -0.4 is 5.32 Å². The molecule has 0 saturated heterocycles. The van der Waals surface area contributed by atoms with E-state index in [1.165, 1.54) is 19.1 Å². The van der Waals surface area contributed by atoms with E-state index in [1.54, 1.807) is 0 Å². The Balaban J connectivity index is 1.98. The van der Waals surface area contributed by atoms with E-state index in [4.69, 9.17) is 39.6 Å². The van der Waals surface area contributed by atoms with Crippen molar-refractivity contribution in [2.45, 2.75) is 37.9 Å². The van der Waals surface area contributed by atoms with Crippen LogP contribution in [0.25, 0.3) is 0 Å². The standard InChI is InChI=1S/C19H15Cl3F4N2O2/c1-9(29)27-8-11-4-10(2-3-15(11)23)16-7-18(30-28-16,19(24,25)26)12-5-13(20)17(22)14(21)6-12/h2-6,9,27,29H,7-8H2,1H3. The van der Waals surface area contributed by atoms with Gasteiger partial charge in [0.1, 0.15) is 12.0 Å². The number of rotatable bonds is 5. The van der Waals surface area contributed by atoms with E-state index in [-0.39, 0.29) is 44.0 Å². The number of benzene rings is 2. The molecule has 2 unspecified atom stereocenters. The molecule has 30 heavy (non-hydrogen) atoms. The van der Waals surface area contributed by atoms with Crippen LogP contribution in [0.4, 0.5) is 17.6 Å². The van der Waals surface area contributed by atoms with E-state index < -0.39 is 30.2 Å². The third kappa shape index (κ3) is 4.38. The zero-order chi connectivity index (χ0) is 22.3. The van der Waals surface area contributed by atoms with Crippen LogP contribution in [0.5, 0.6) is 0 Å². The molecular weight excluding hydrogens is 471 g/mol. The number of aliphatic hydroxyl groups excluding tert-OH is 1. The second kappa shape index (κ2) is 8.51. The molecule has 2 atom stereocenters. The number of nitrogens with zero attached hydrogens (tertiary/aromatic N) is 1. The highest BCUT2D eigenvalue weighted by Gasteiger charge is 2.62. The SMILES string of the molecule is CC(O)NCc1cc(C2=NOC(c3cc(Cl)c(Cl)c(Cl)c3)(C(F)(F)F)C2)ccc1F. The normalized spacial score (nSPS) is 20.1. The Morgan fingerprint density at radius 2 is 1.83 bits per heavy atom. The average molecular weight is 486 g/mol. The van der Waals surface area contributed by atoms with Gasteiger partial charge in [-0.25, -0.2) is 4.39 Å². The Morgan fingerprint density at radius 3 is 2.40 bits per heavy atom. The molecule has 3 rings (SSSR count). The molecule has 0 radical (unpaired) electrons. The maximum absolute atomic E-state index is 14.1. The molecule has 0 bridgehead atoms. The van der Waals surface area contributed by atoms with Gasteiger partial charge in [0.15, 0.2) is 0 Å². The molecule has 0 aromatic heterocycles. The first-order chi connectivity index (χ1) is 13.9. The summed E-state index contributed by atoms with van der Waals surface area (Å²) in [5.41, 5.74) is -2.82. The van der Waals surface area contributed by atoms with E-state index >= 15 is 0 Å². The van der Waals surface area contributed by atoms with Crippen molar-refractivity contribution in [3.8, 4) is 0 Å². The first-order valence-corrected chi connectivity index (χ1v) is 9.75. The maximum atomic E-state index is 14.1. The Hall–Kier alpha value is -1.58. The monoisotopic (exact) mass is 484 g/mol. The molecule has 0 spiro atoms. The van der Waals surface area contributed by atoms with E-state index in [1.807, 2.05) is 0 Å². The molecule has 162 valence electrons. The summed E-state index contributed by atoms with van der Waals surface area (Å²) in [7, 11) is 0. The van der Waals surface area contributed by atoms with Crippen molar-refractivity contribution < 1.29 is 27.5 Å². The van der Waals surface area contributed by atoms with Crippen molar-refractivity contribution in [3.05, 3.63) is 67.9 Å². The van der Waals surface area contributed by atoms with Gasteiger partial charge in [0.2, 0.25) is 0 Å². The molecule has 2 N–H and O–H groups in total. The summed E-state index contributed by atoms with van der Waals surface area (Å²) in [4.78, 5) is 4.93. The first kappa shape index (κ1) is 23.1. The van der Waals surface area contributed by atoms with Crippen LogP contribution in [0.2, 0.25) is 15.1 Å². The van der Waals surface area contributed by atoms with E-state index in [0.29, 0.717) is 0 Å². The van der Waals surface area contributed by atoms with Crippen molar-refractivity contribution in [1.82, 2.24) is 5.32 Å². The van der Waals surface area contributed by atoms with Crippen LogP contribution in [0.3, 0.4) is 0 Å². The zero-order valence-corrected chi connectivity index (χ0v) is 17.6. The van der Waals surface area contributed by atoms with Crippen molar-refractivity contribution in [2.75, 3.05) is 0 Å². The second-order valence-corrected chi connectivity index (χ2v) is 7.94. The van der Waals surface area contributed by atoms with Gasteiger partial charge in [-0.15, -0.1) is 0 Å². The molecular formula is C19H15Cl3F4N2O2. The largest absolute Gasteiger partial charge is 0.435 e. The number of oxime groups is 1. The summed E-state index contributed by atoms with van der Waals surface area (Å²) in [6, 6.07) is 5.83. The lowest BCUT2D eigenvalue weighted by atomic mass is 9.86. The minimum atomic E-state index is -4.87. The molecule has 1 aliphatic rings. The van der Waals surface area contributed by atoms with Gasteiger partial charge in [0.05, 0.1) is 20.8 Å². The number of hydrogen-bond acceptors (Lipinski definition) is 4. The van der Waals surface area contributed by atoms with Crippen LogP contribution in [0.1, 0.15) is 30.0 Å². The number of halogens is 7. The summed E-state index contributed by atoms with van der Waals surface area (Å²) in [5, 5.41) is 15.2. The van der Waals surface area contributed by atoms with E-state index in [0.717, 1.165) is 18.2 Å². The van der Waals surface area contributed by atoms with Crippen LogP contribution in [-0.2, 0) is 17.0 Å². The van der Waals surface area contributed by atoms with Crippen molar-refractivity contribution in [2.24, 2.45) is 5.16 Å². The van der Waals surface area contributed by atoms with E-state index in [9.17, 15) is 22.7 Å². The van der Waals surface area contributed by atoms with Crippen LogP contribution in [0, 0.1) is 5.82 Å². The lowest BCUT2D eigenvalue weighted by Gasteiger charge is -2.30. The molecule has 2 aromatic rings. The maximum Gasteiger partial charge on any atom is 0.435 e. The molecule has 0 fully saturated rings. The third-order valence-electron chi connectivity index (χ3n) is 4.60. The van der Waals surface area contributed by atoms with Gasteiger partial charge >= 0.3 is 6.18 Å². The summed E-state index contributed by atoms with van der Waals surface area (Å²) in [5.74, 6) is -0.579. The summed E-state index contributed by atoms with van der Waals surface area (Å²) in [6.07, 6.45) is -6.44. The van der Waals surface area contributed by atoms with Gasteiger partial charge in [0, 0.05) is 24.1 Å². The molecule has 1 aliphatic heterocycles. The molecule has 11 heteroatoms. The van der Waals surface area contributed by atoms with Gasteiger partial charge in [-0.1, -0.05) is 46.0 Å². The predicted molar refractivity (Wildman–Crippen MR) is 106 cm³/mol. The fourth-order valence-corrected chi connectivity index (χ4v) is 3.59. The van der Waals surface area contributed by atoms with Crippen LogP contribution >= 0.6 is 34.8 Å². The molecule has 4 nitrogen and oxygen atoms in total. The van der Waals surface area contributed by atoms with Crippen molar-refractivity contribution >= 4 is 40.5 Å². The lowest BCUT2D eigenvalue weighted by Crippen LogP contribution is -2.42. The fraction of sp³-hybridized carbons (Fsp3) is 0.316. The summed E-state index contributed by atoms with van der Waals surface area (Å²) >= 11 is 17.7. The van der Waals surface area contributed by atoms with Crippen LogP contribution in [0.15, 0.2) is 35.5 Å². The van der Waals surface area contributed by atoms with E-state index in [2.05, 4.69) is 10.5 Å². The molecule has 0 amide bonds. The molecule has 1 heterocycles. The topological polar surface area (TPSA) is 53.8 Å². The number of alkyl halides is 3. The number of aliphatic hydroxyl groups is 1. The number of hydrogen-bond donors (Lipinski definition) is 2. The lowest BCUT2D eigenvalue weighted by molar-refractivity contribution is -0.275. The Bertz CT molecular complexity index is 975. The number of nitrogens with one attached hydrogen (secondary N) is 1. The zero-order valence-electron chi connectivity index (χ0n) is 15.3.